The number of hydrogen-bond acceptors (Lipinski definition) is 2. The van der Waals surface area contributed by atoms with Gasteiger partial charge in [-0.25, -0.2) is 0 Å². The van der Waals surface area contributed by atoms with E-state index < -0.39 is 5.41 Å². The summed E-state index contributed by atoms with van der Waals surface area (Å²) in [5.74, 6) is 0.453. The molecule has 3 heteroatoms. The Labute approximate surface area is 144 Å². The monoisotopic (exact) mass is 322 g/mol. The standard InChI is InChI=1S/C21H26N2O/c1-14(2)19(22)12-13-21(20(24)23-3)17-10-6-4-8-15(17)16-9-5-7-11-18(16)21/h4-11,14,19H,12-13,22H2,1-3H3,(H,23,24). The molecule has 0 spiro atoms. The van der Waals surface area contributed by atoms with Gasteiger partial charge >= 0.3 is 0 Å². The highest BCUT2D eigenvalue weighted by molar-refractivity contribution is 6.00. The topological polar surface area (TPSA) is 55.1 Å². The lowest BCUT2D eigenvalue weighted by atomic mass is 9.72. The third kappa shape index (κ3) is 2.44. The van der Waals surface area contributed by atoms with Gasteiger partial charge < -0.3 is 11.1 Å². The third-order valence-electron chi connectivity index (χ3n) is 5.39. The Morgan fingerprint density at radius 1 is 1.04 bits per heavy atom. The summed E-state index contributed by atoms with van der Waals surface area (Å²) >= 11 is 0. The molecule has 1 aliphatic carbocycles. The van der Waals surface area contributed by atoms with Crippen LogP contribution in [0, 0.1) is 5.92 Å². The highest BCUT2D eigenvalue weighted by Gasteiger charge is 2.48. The molecule has 24 heavy (non-hydrogen) atoms. The molecule has 0 heterocycles. The largest absolute Gasteiger partial charge is 0.358 e. The van der Waals surface area contributed by atoms with Crippen molar-refractivity contribution in [2.24, 2.45) is 11.7 Å². The van der Waals surface area contributed by atoms with Crippen LogP contribution in [0.1, 0.15) is 37.8 Å². The van der Waals surface area contributed by atoms with Crippen molar-refractivity contribution < 1.29 is 4.79 Å². The van der Waals surface area contributed by atoms with Crippen molar-refractivity contribution in [1.29, 1.82) is 0 Å². The molecule has 2 aromatic rings. The maximum atomic E-state index is 13.1. The van der Waals surface area contributed by atoms with Crippen molar-refractivity contribution in [3.8, 4) is 11.1 Å². The van der Waals surface area contributed by atoms with Crippen molar-refractivity contribution in [3.63, 3.8) is 0 Å². The summed E-state index contributed by atoms with van der Waals surface area (Å²) in [5, 5.41) is 2.90. The van der Waals surface area contributed by atoms with Gasteiger partial charge in [0.1, 0.15) is 5.41 Å². The first-order valence-corrected chi connectivity index (χ1v) is 8.69. The third-order valence-corrected chi connectivity index (χ3v) is 5.39. The molecule has 0 bridgehead atoms. The van der Waals surface area contributed by atoms with Gasteiger partial charge in [0.25, 0.3) is 0 Å². The van der Waals surface area contributed by atoms with Gasteiger partial charge in [-0.1, -0.05) is 62.4 Å². The Balaban J connectivity index is 2.16. The summed E-state index contributed by atoms with van der Waals surface area (Å²) in [5.41, 5.74) is 10.2. The number of benzene rings is 2. The molecule has 1 atom stereocenters. The number of amides is 1. The van der Waals surface area contributed by atoms with Crippen LogP contribution in [-0.4, -0.2) is 19.0 Å². The lowest BCUT2D eigenvalue weighted by Crippen LogP contribution is -2.44. The zero-order valence-corrected chi connectivity index (χ0v) is 14.7. The molecule has 1 aliphatic rings. The van der Waals surface area contributed by atoms with Crippen LogP contribution in [0.3, 0.4) is 0 Å². The van der Waals surface area contributed by atoms with Crippen molar-refractivity contribution in [2.75, 3.05) is 7.05 Å². The Morgan fingerprint density at radius 2 is 1.54 bits per heavy atom. The van der Waals surface area contributed by atoms with Gasteiger partial charge in [0, 0.05) is 13.1 Å². The molecule has 2 aromatic carbocycles. The molecule has 1 unspecified atom stereocenters. The van der Waals surface area contributed by atoms with Crippen molar-refractivity contribution in [1.82, 2.24) is 5.32 Å². The number of nitrogens with two attached hydrogens (primary N) is 1. The summed E-state index contributed by atoms with van der Waals surface area (Å²) < 4.78 is 0. The van der Waals surface area contributed by atoms with Crippen LogP contribution < -0.4 is 11.1 Å². The van der Waals surface area contributed by atoms with Crippen LogP contribution in [0.15, 0.2) is 48.5 Å². The van der Waals surface area contributed by atoms with E-state index >= 15 is 0 Å². The summed E-state index contributed by atoms with van der Waals surface area (Å²) in [7, 11) is 1.72. The summed E-state index contributed by atoms with van der Waals surface area (Å²) in [6.07, 6.45) is 1.54. The fourth-order valence-electron chi connectivity index (χ4n) is 3.88. The normalized spacial score (nSPS) is 15.7. The lowest BCUT2D eigenvalue weighted by molar-refractivity contribution is -0.125. The number of carbonyl (C=O) groups excluding carboxylic acids is 1. The van der Waals surface area contributed by atoms with Gasteiger partial charge in [0.15, 0.2) is 0 Å². The Hall–Kier alpha value is -2.13. The van der Waals surface area contributed by atoms with Gasteiger partial charge in [0.05, 0.1) is 0 Å². The maximum absolute atomic E-state index is 13.1. The fraction of sp³-hybridized carbons (Fsp3) is 0.381. The van der Waals surface area contributed by atoms with Crippen molar-refractivity contribution in [3.05, 3.63) is 59.7 Å². The highest BCUT2D eigenvalue weighted by atomic mass is 16.2. The highest BCUT2D eigenvalue weighted by Crippen LogP contribution is 2.51. The van der Waals surface area contributed by atoms with Gasteiger partial charge in [-0.05, 0) is 41.0 Å². The van der Waals surface area contributed by atoms with E-state index in [1.54, 1.807) is 7.05 Å². The van der Waals surface area contributed by atoms with E-state index in [-0.39, 0.29) is 11.9 Å². The van der Waals surface area contributed by atoms with Crippen molar-refractivity contribution >= 4 is 5.91 Å². The molecular weight excluding hydrogens is 296 g/mol. The van der Waals surface area contributed by atoms with E-state index in [0.717, 1.165) is 35.1 Å². The average molecular weight is 322 g/mol. The summed E-state index contributed by atoms with van der Waals surface area (Å²) in [6.45, 7) is 4.27. The van der Waals surface area contributed by atoms with E-state index in [2.05, 4.69) is 43.4 Å². The van der Waals surface area contributed by atoms with E-state index in [4.69, 9.17) is 5.73 Å². The number of carbonyl (C=O) groups is 1. The molecule has 0 fully saturated rings. The van der Waals surface area contributed by atoms with Crippen LogP contribution in [0.25, 0.3) is 11.1 Å². The Bertz CT molecular complexity index is 706. The zero-order chi connectivity index (χ0) is 17.3. The number of nitrogens with one attached hydrogen (secondary N) is 1. The molecular formula is C21H26N2O. The van der Waals surface area contributed by atoms with Gasteiger partial charge in [0.2, 0.25) is 5.91 Å². The number of fused-ring (bicyclic) bond motifs is 3. The predicted molar refractivity (Wildman–Crippen MR) is 98.8 cm³/mol. The SMILES string of the molecule is CNC(=O)C1(CCC(N)C(C)C)c2ccccc2-c2ccccc21. The first-order chi connectivity index (χ1) is 11.5. The number of likely N-dealkylation sites (N-methyl/N-ethyl adjacent to an activating group) is 1. The molecule has 0 radical (unpaired) electrons. The van der Waals surface area contributed by atoms with E-state index in [1.807, 2.05) is 24.3 Å². The molecule has 0 saturated carbocycles. The fourth-order valence-corrected chi connectivity index (χ4v) is 3.88. The molecule has 1 amide bonds. The number of rotatable bonds is 5. The Kier molecular flexibility index (Phi) is 4.46. The first-order valence-electron chi connectivity index (χ1n) is 8.69. The van der Waals surface area contributed by atoms with E-state index in [0.29, 0.717) is 5.92 Å². The van der Waals surface area contributed by atoms with Gasteiger partial charge in [-0.2, -0.15) is 0 Å². The zero-order valence-electron chi connectivity index (χ0n) is 14.7. The minimum atomic E-state index is -0.644. The maximum Gasteiger partial charge on any atom is 0.234 e. The van der Waals surface area contributed by atoms with Crippen molar-refractivity contribution in [2.45, 2.75) is 38.1 Å². The molecule has 0 saturated heterocycles. The minimum absolute atomic E-state index is 0.0517. The molecule has 3 nitrogen and oxygen atoms in total. The lowest BCUT2D eigenvalue weighted by Gasteiger charge is -2.31. The second-order valence-electron chi connectivity index (χ2n) is 7.02. The van der Waals surface area contributed by atoms with Crippen LogP contribution >= 0.6 is 0 Å². The molecule has 126 valence electrons. The number of hydrogen-bond donors (Lipinski definition) is 2. The van der Waals surface area contributed by atoms with Gasteiger partial charge in [-0.3, -0.25) is 4.79 Å². The van der Waals surface area contributed by atoms with Crippen LogP contribution in [0.4, 0.5) is 0 Å². The second kappa shape index (κ2) is 6.40. The quantitative estimate of drug-likeness (QED) is 0.885. The average Bonchev–Trinajstić information content (AvgIpc) is 2.90. The molecule has 0 aromatic heterocycles. The molecule has 3 rings (SSSR count). The molecule has 0 aliphatic heterocycles. The van der Waals surface area contributed by atoms with E-state index in [1.165, 1.54) is 0 Å². The Morgan fingerprint density at radius 3 is 2.00 bits per heavy atom. The second-order valence-corrected chi connectivity index (χ2v) is 7.02. The summed E-state index contributed by atoms with van der Waals surface area (Å²) in [4.78, 5) is 13.1. The van der Waals surface area contributed by atoms with Crippen LogP contribution in [-0.2, 0) is 10.2 Å². The van der Waals surface area contributed by atoms with E-state index in [9.17, 15) is 4.79 Å². The van der Waals surface area contributed by atoms with Crippen LogP contribution in [0.2, 0.25) is 0 Å². The predicted octanol–water partition coefficient (Wildman–Crippen LogP) is 3.46. The molecule has 3 N–H and O–H groups in total. The van der Waals surface area contributed by atoms with Gasteiger partial charge in [-0.15, -0.1) is 0 Å². The smallest absolute Gasteiger partial charge is 0.234 e. The first kappa shape index (κ1) is 16.7. The minimum Gasteiger partial charge on any atom is -0.358 e. The summed E-state index contributed by atoms with van der Waals surface area (Å²) in [6, 6.07) is 16.6. The van der Waals surface area contributed by atoms with Crippen LogP contribution in [0.5, 0.6) is 0 Å².